The SMILES string of the molecule is CN(c1cccc2cc(-c3ncc(CS(C)(=O)=O)s3)[nH]c12)S(=O)(=O)c1cccs1. The van der Waals surface area contributed by atoms with E-state index in [1.54, 1.807) is 35.8 Å². The van der Waals surface area contributed by atoms with Crippen LogP contribution in [0.15, 0.2) is 52.2 Å². The lowest BCUT2D eigenvalue weighted by molar-refractivity contribution is 0.596. The molecule has 0 radical (unpaired) electrons. The molecule has 3 aromatic heterocycles. The second-order valence-corrected chi connectivity index (χ2v) is 12.9. The Morgan fingerprint density at radius 2 is 1.93 bits per heavy atom. The van der Waals surface area contributed by atoms with E-state index in [0.29, 0.717) is 26.8 Å². The van der Waals surface area contributed by atoms with E-state index in [1.165, 1.54) is 40.3 Å². The number of benzene rings is 1. The Balaban J connectivity index is 1.75. The van der Waals surface area contributed by atoms with Crippen LogP contribution in [0, 0.1) is 0 Å². The van der Waals surface area contributed by atoms with Gasteiger partial charge in [-0.15, -0.1) is 22.7 Å². The number of H-pyrrole nitrogens is 1. The van der Waals surface area contributed by atoms with Crippen molar-refractivity contribution in [1.29, 1.82) is 0 Å². The Bertz CT molecular complexity index is 1380. The summed E-state index contributed by atoms with van der Waals surface area (Å²) >= 11 is 2.46. The number of aromatic amines is 1. The zero-order valence-corrected chi connectivity index (χ0v) is 18.8. The van der Waals surface area contributed by atoms with Gasteiger partial charge < -0.3 is 4.98 Å². The number of hydrogen-bond acceptors (Lipinski definition) is 7. The molecule has 1 N–H and O–H groups in total. The summed E-state index contributed by atoms with van der Waals surface area (Å²) in [4.78, 5) is 8.22. The van der Waals surface area contributed by atoms with E-state index in [9.17, 15) is 16.8 Å². The summed E-state index contributed by atoms with van der Waals surface area (Å²) in [5.74, 6) is -0.0576. The van der Waals surface area contributed by atoms with Gasteiger partial charge in [-0.05, 0) is 23.6 Å². The maximum Gasteiger partial charge on any atom is 0.273 e. The lowest BCUT2D eigenvalue weighted by Crippen LogP contribution is -2.26. The van der Waals surface area contributed by atoms with Crippen LogP contribution in [0.25, 0.3) is 21.6 Å². The van der Waals surface area contributed by atoms with Crippen LogP contribution < -0.4 is 4.31 Å². The van der Waals surface area contributed by atoms with Crippen LogP contribution in [-0.2, 0) is 25.6 Å². The molecule has 4 rings (SSSR count). The highest BCUT2D eigenvalue weighted by Gasteiger charge is 2.24. The van der Waals surface area contributed by atoms with Crippen molar-refractivity contribution < 1.29 is 16.8 Å². The number of anilines is 1. The smallest absolute Gasteiger partial charge is 0.273 e. The van der Waals surface area contributed by atoms with Crippen LogP contribution in [0.1, 0.15) is 4.88 Å². The van der Waals surface area contributed by atoms with Gasteiger partial charge >= 0.3 is 0 Å². The Morgan fingerprint density at radius 1 is 1.14 bits per heavy atom. The molecule has 0 saturated carbocycles. The molecule has 3 heterocycles. The normalized spacial score (nSPS) is 12.5. The maximum atomic E-state index is 12.9. The van der Waals surface area contributed by atoms with Crippen molar-refractivity contribution in [2.75, 3.05) is 17.6 Å². The van der Waals surface area contributed by atoms with Gasteiger partial charge in [0.15, 0.2) is 9.84 Å². The molecular weight excluding hydrogens is 450 g/mol. The first-order valence-corrected chi connectivity index (χ1v) is 13.6. The molecule has 11 heteroatoms. The molecular formula is C18H17N3O4S4. The molecule has 1 aromatic carbocycles. The third kappa shape index (κ3) is 3.95. The van der Waals surface area contributed by atoms with Gasteiger partial charge in [0.25, 0.3) is 10.0 Å². The van der Waals surface area contributed by atoms with Crippen LogP contribution >= 0.6 is 22.7 Å². The average Bonchev–Trinajstić information content (AvgIpc) is 3.38. The quantitative estimate of drug-likeness (QED) is 0.466. The van der Waals surface area contributed by atoms with Gasteiger partial charge in [-0.1, -0.05) is 18.2 Å². The van der Waals surface area contributed by atoms with Crippen LogP contribution in [-0.4, -0.2) is 40.1 Å². The number of rotatable bonds is 6. The highest BCUT2D eigenvalue weighted by Crippen LogP contribution is 2.34. The number of thiophene rings is 1. The molecule has 0 unspecified atom stereocenters. The van der Waals surface area contributed by atoms with Crippen molar-refractivity contribution in [3.05, 3.63) is 52.9 Å². The average molecular weight is 468 g/mol. The van der Waals surface area contributed by atoms with Crippen molar-refractivity contribution in [2.45, 2.75) is 9.96 Å². The molecule has 0 bridgehead atoms. The standard InChI is InChI=1S/C18H17N3O4S4/c1-21(29(24,25)16-7-4-8-26-16)15-6-3-5-12-9-14(20-17(12)15)18-19-10-13(27-18)11-28(2,22)23/h3-10,20H,11H2,1-2H3. The first-order valence-electron chi connectivity index (χ1n) is 8.42. The van der Waals surface area contributed by atoms with Gasteiger partial charge in [0.1, 0.15) is 9.22 Å². The molecule has 0 aliphatic rings. The number of fused-ring (bicyclic) bond motifs is 1. The summed E-state index contributed by atoms with van der Waals surface area (Å²) in [6.45, 7) is 0. The second kappa shape index (κ2) is 7.24. The molecule has 152 valence electrons. The first kappa shape index (κ1) is 20.1. The van der Waals surface area contributed by atoms with Gasteiger partial charge in [0.2, 0.25) is 0 Å². The predicted molar refractivity (Wildman–Crippen MR) is 118 cm³/mol. The van der Waals surface area contributed by atoms with E-state index in [2.05, 4.69) is 9.97 Å². The minimum absolute atomic E-state index is 0.0576. The first-order chi connectivity index (χ1) is 13.6. The molecule has 0 amide bonds. The van der Waals surface area contributed by atoms with Crippen molar-refractivity contribution >= 4 is 59.1 Å². The molecule has 0 spiro atoms. The predicted octanol–water partition coefficient (Wildman–Crippen LogP) is 3.72. The third-order valence-electron chi connectivity index (χ3n) is 4.27. The van der Waals surface area contributed by atoms with Crippen LogP contribution in [0.5, 0.6) is 0 Å². The van der Waals surface area contributed by atoms with Crippen LogP contribution in [0.2, 0.25) is 0 Å². The Kier molecular flexibility index (Phi) is 5.01. The van der Waals surface area contributed by atoms with Crippen molar-refractivity contribution in [1.82, 2.24) is 9.97 Å². The van der Waals surface area contributed by atoms with Gasteiger partial charge in [-0.2, -0.15) is 0 Å². The summed E-state index contributed by atoms with van der Waals surface area (Å²) < 4.78 is 50.4. The number of sulfonamides is 1. The summed E-state index contributed by atoms with van der Waals surface area (Å²) in [6.07, 6.45) is 2.74. The molecule has 0 aliphatic heterocycles. The Morgan fingerprint density at radius 3 is 2.62 bits per heavy atom. The summed E-state index contributed by atoms with van der Waals surface area (Å²) in [6, 6.07) is 10.6. The zero-order valence-electron chi connectivity index (χ0n) is 15.5. The number of sulfone groups is 1. The fraction of sp³-hybridized carbons (Fsp3) is 0.167. The summed E-state index contributed by atoms with van der Waals surface area (Å²) in [7, 11) is -5.27. The van der Waals surface area contributed by atoms with E-state index >= 15 is 0 Å². The van der Waals surface area contributed by atoms with Crippen molar-refractivity contribution in [3.8, 4) is 10.7 Å². The highest BCUT2D eigenvalue weighted by atomic mass is 32.2. The minimum Gasteiger partial charge on any atom is -0.351 e. The highest BCUT2D eigenvalue weighted by molar-refractivity contribution is 7.94. The van der Waals surface area contributed by atoms with E-state index < -0.39 is 19.9 Å². The molecule has 29 heavy (non-hydrogen) atoms. The Labute approximate surface area is 176 Å². The third-order valence-corrected chi connectivity index (χ3v) is 9.46. The number of nitrogens with one attached hydrogen (secondary N) is 1. The number of para-hydroxylation sites is 1. The lowest BCUT2D eigenvalue weighted by atomic mass is 10.2. The number of thiazole rings is 1. The molecule has 4 aromatic rings. The summed E-state index contributed by atoms with van der Waals surface area (Å²) in [5, 5.41) is 3.21. The van der Waals surface area contributed by atoms with Gasteiger partial charge in [-0.3, -0.25) is 4.31 Å². The fourth-order valence-electron chi connectivity index (χ4n) is 2.95. The molecule has 7 nitrogen and oxygen atoms in total. The monoisotopic (exact) mass is 467 g/mol. The van der Waals surface area contributed by atoms with E-state index in [-0.39, 0.29) is 9.96 Å². The Hall–Kier alpha value is -2.21. The number of aromatic nitrogens is 2. The van der Waals surface area contributed by atoms with Crippen LogP contribution in [0.3, 0.4) is 0 Å². The molecule has 0 atom stereocenters. The molecule has 0 saturated heterocycles. The second-order valence-electron chi connectivity index (χ2n) is 6.53. The van der Waals surface area contributed by atoms with Crippen molar-refractivity contribution in [2.24, 2.45) is 0 Å². The van der Waals surface area contributed by atoms with E-state index in [1.807, 2.05) is 12.1 Å². The topological polar surface area (TPSA) is 100 Å². The van der Waals surface area contributed by atoms with Gasteiger partial charge in [0, 0.05) is 29.8 Å². The zero-order chi connectivity index (χ0) is 20.8. The number of nitrogens with zero attached hydrogens (tertiary/aromatic N) is 2. The summed E-state index contributed by atoms with van der Waals surface area (Å²) in [5.41, 5.74) is 1.90. The maximum absolute atomic E-state index is 12.9. The van der Waals surface area contributed by atoms with Crippen molar-refractivity contribution in [3.63, 3.8) is 0 Å². The largest absolute Gasteiger partial charge is 0.351 e. The molecule has 0 fully saturated rings. The minimum atomic E-state index is -3.66. The van der Waals surface area contributed by atoms with Crippen LogP contribution in [0.4, 0.5) is 5.69 Å². The van der Waals surface area contributed by atoms with E-state index in [0.717, 1.165) is 5.39 Å². The molecule has 0 aliphatic carbocycles. The lowest BCUT2D eigenvalue weighted by Gasteiger charge is -2.19. The fourth-order valence-corrected chi connectivity index (χ4v) is 7.47. The van der Waals surface area contributed by atoms with Gasteiger partial charge in [0.05, 0.1) is 22.7 Å². The van der Waals surface area contributed by atoms with Gasteiger partial charge in [-0.25, -0.2) is 21.8 Å². The van der Waals surface area contributed by atoms with E-state index in [4.69, 9.17) is 0 Å². The number of hydrogen-bond donors (Lipinski definition) is 1.